The summed E-state index contributed by atoms with van der Waals surface area (Å²) in [7, 11) is 0. The van der Waals surface area contributed by atoms with Crippen LogP contribution < -0.4 is 10.7 Å². The lowest BCUT2D eigenvalue weighted by molar-refractivity contribution is -0.115. The average molecular weight is 360 g/mol. The van der Waals surface area contributed by atoms with Crippen molar-refractivity contribution in [2.75, 3.05) is 5.32 Å². The Kier molecular flexibility index (Phi) is 6.14. The predicted octanol–water partition coefficient (Wildman–Crippen LogP) is 3.49. The van der Waals surface area contributed by atoms with Crippen LogP contribution in [0.2, 0.25) is 5.02 Å². The minimum atomic E-state index is -0.613. The van der Waals surface area contributed by atoms with E-state index in [1.807, 2.05) is 31.2 Å². The van der Waals surface area contributed by atoms with Gasteiger partial charge in [-0.25, -0.2) is 5.43 Å². The molecule has 130 valence electrons. The predicted molar refractivity (Wildman–Crippen MR) is 98.1 cm³/mol. The van der Waals surface area contributed by atoms with Crippen LogP contribution >= 0.6 is 11.6 Å². The molecule has 0 atom stereocenters. The molecule has 25 heavy (non-hydrogen) atoms. The molecule has 0 unspecified atom stereocenters. The van der Waals surface area contributed by atoms with Crippen molar-refractivity contribution in [3.63, 3.8) is 0 Å². The van der Waals surface area contributed by atoms with Gasteiger partial charge < -0.3 is 10.4 Å². The number of halogens is 1. The molecular formula is C18H18ClN3O3. The zero-order valence-electron chi connectivity index (χ0n) is 13.8. The van der Waals surface area contributed by atoms with Crippen molar-refractivity contribution in [1.82, 2.24) is 5.43 Å². The molecular weight excluding hydrogens is 342 g/mol. The number of hydrazone groups is 1. The molecule has 0 radical (unpaired) electrons. The summed E-state index contributed by atoms with van der Waals surface area (Å²) in [6.07, 6.45) is 0.0235. The number of hydrogen-bond donors (Lipinski definition) is 3. The van der Waals surface area contributed by atoms with Crippen molar-refractivity contribution in [3.8, 4) is 5.75 Å². The van der Waals surface area contributed by atoms with Gasteiger partial charge in [-0.3, -0.25) is 9.59 Å². The van der Waals surface area contributed by atoms with E-state index >= 15 is 0 Å². The quantitative estimate of drug-likeness (QED) is 0.563. The van der Waals surface area contributed by atoms with E-state index in [0.29, 0.717) is 16.4 Å². The van der Waals surface area contributed by atoms with Crippen LogP contribution in [0.3, 0.4) is 0 Å². The average Bonchev–Trinajstić information content (AvgIpc) is 2.57. The summed E-state index contributed by atoms with van der Waals surface area (Å²) in [5, 5.41) is 16.6. The van der Waals surface area contributed by atoms with Gasteiger partial charge in [0.25, 0.3) is 5.91 Å². The first-order valence-corrected chi connectivity index (χ1v) is 7.91. The van der Waals surface area contributed by atoms with Crippen LogP contribution in [-0.4, -0.2) is 22.6 Å². The first kappa shape index (κ1) is 18.5. The number of carbonyl (C=O) groups is 2. The minimum Gasteiger partial charge on any atom is -0.507 e. The highest BCUT2D eigenvalue weighted by Crippen LogP contribution is 2.21. The first-order valence-electron chi connectivity index (χ1n) is 7.53. The standard InChI is InChI=1S/C18H18ClN3O3/c1-11-3-6-14(7-4-11)20-17(24)9-12(2)21-22-18(25)15-10-13(19)5-8-16(15)23/h3-8,10,23H,9H2,1-2H3,(H,20,24)(H,22,25). The van der Waals surface area contributed by atoms with Crippen LogP contribution in [0.4, 0.5) is 5.69 Å². The van der Waals surface area contributed by atoms with Gasteiger partial charge in [-0.15, -0.1) is 0 Å². The van der Waals surface area contributed by atoms with Gasteiger partial charge in [-0.05, 0) is 44.2 Å². The van der Waals surface area contributed by atoms with E-state index in [1.54, 1.807) is 6.92 Å². The Morgan fingerprint density at radius 3 is 2.52 bits per heavy atom. The lowest BCUT2D eigenvalue weighted by Crippen LogP contribution is -2.21. The van der Waals surface area contributed by atoms with Crippen molar-refractivity contribution >= 4 is 34.8 Å². The molecule has 0 bridgehead atoms. The third-order valence-corrected chi connectivity index (χ3v) is 3.54. The van der Waals surface area contributed by atoms with E-state index in [-0.39, 0.29) is 23.6 Å². The number of nitrogens with one attached hydrogen (secondary N) is 2. The molecule has 2 aromatic carbocycles. The summed E-state index contributed by atoms with van der Waals surface area (Å²) in [5.74, 6) is -1.06. The summed E-state index contributed by atoms with van der Waals surface area (Å²) in [4.78, 5) is 24.0. The molecule has 0 heterocycles. The molecule has 6 nitrogen and oxygen atoms in total. The number of phenolic OH excluding ortho intramolecular Hbond substituents is 1. The fourth-order valence-corrected chi connectivity index (χ4v) is 2.18. The van der Waals surface area contributed by atoms with Crippen molar-refractivity contribution < 1.29 is 14.7 Å². The Morgan fingerprint density at radius 1 is 1.16 bits per heavy atom. The van der Waals surface area contributed by atoms with Gasteiger partial charge in [-0.1, -0.05) is 29.3 Å². The number of hydrogen-bond acceptors (Lipinski definition) is 4. The number of aromatic hydroxyl groups is 1. The highest BCUT2D eigenvalue weighted by molar-refractivity contribution is 6.31. The Morgan fingerprint density at radius 2 is 1.84 bits per heavy atom. The molecule has 3 N–H and O–H groups in total. The summed E-state index contributed by atoms with van der Waals surface area (Å²) >= 11 is 5.80. The van der Waals surface area contributed by atoms with Crippen LogP contribution in [0.15, 0.2) is 47.6 Å². The number of phenols is 1. The Bertz CT molecular complexity index is 817. The van der Waals surface area contributed by atoms with Crippen molar-refractivity contribution in [2.24, 2.45) is 5.10 Å². The number of aryl methyl sites for hydroxylation is 1. The largest absolute Gasteiger partial charge is 0.507 e. The Hall–Kier alpha value is -2.86. The van der Waals surface area contributed by atoms with Gasteiger partial charge in [0, 0.05) is 16.4 Å². The third-order valence-electron chi connectivity index (χ3n) is 3.30. The highest BCUT2D eigenvalue weighted by atomic mass is 35.5. The number of nitrogens with zero attached hydrogens (tertiary/aromatic N) is 1. The molecule has 0 aliphatic carbocycles. The number of benzene rings is 2. The van der Waals surface area contributed by atoms with E-state index in [9.17, 15) is 14.7 Å². The maximum Gasteiger partial charge on any atom is 0.275 e. The SMILES string of the molecule is CC(CC(=O)Nc1ccc(C)cc1)=NNC(=O)c1cc(Cl)ccc1O. The number of anilines is 1. The molecule has 0 aliphatic heterocycles. The molecule has 2 rings (SSSR count). The monoisotopic (exact) mass is 359 g/mol. The van der Waals surface area contributed by atoms with Gasteiger partial charge in [0.15, 0.2) is 0 Å². The van der Waals surface area contributed by atoms with Gasteiger partial charge in [0.1, 0.15) is 5.75 Å². The van der Waals surface area contributed by atoms with Crippen LogP contribution in [0.25, 0.3) is 0 Å². The summed E-state index contributed by atoms with van der Waals surface area (Å²) in [6.45, 7) is 3.58. The zero-order valence-corrected chi connectivity index (χ0v) is 14.6. The van der Waals surface area contributed by atoms with Crippen LogP contribution in [0.5, 0.6) is 5.75 Å². The Labute approximate surface area is 150 Å². The first-order chi connectivity index (χ1) is 11.8. The highest BCUT2D eigenvalue weighted by Gasteiger charge is 2.11. The second-order valence-corrected chi connectivity index (χ2v) is 5.98. The minimum absolute atomic E-state index is 0.00755. The van der Waals surface area contributed by atoms with E-state index in [2.05, 4.69) is 15.8 Å². The maximum absolute atomic E-state index is 12.0. The van der Waals surface area contributed by atoms with Crippen LogP contribution in [0.1, 0.15) is 29.3 Å². The van der Waals surface area contributed by atoms with Crippen LogP contribution in [-0.2, 0) is 4.79 Å². The van der Waals surface area contributed by atoms with Crippen molar-refractivity contribution in [1.29, 1.82) is 0 Å². The molecule has 0 fully saturated rings. The smallest absolute Gasteiger partial charge is 0.275 e. The second kappa shape index (κ2) is 8.30. The summed E-state index contributed by atoms with van der Waals surface area (Å²) in [5.41, 5.74) is 4.51. The molecule has 0 spiro atoms. The van der Waals surface area contributed by atoms with Gasteiger partial charge in [-0.2, -0.15) is 5.10 Å². The van der Waals surface area contributed by atoms with E-state index in [0.717, 1.165) is 5.56 Å². The number of rotatable bonds is 5. The number of amides is 2. The Balaban J connectivity index is 1.92. The van der Waals surface area contributed by atoms with Crippen molar-refractivity contribution in [2.45, 2.75) is 20.3 Å². The molecule has 7 heteroatoms. The second-order valence-electron chi connectivity index (χ2n) is 5.54. The fourth-order valence-electron chi connectivity index (χ4n) is 2.01. The molecule has 0 aliphatic rings. The topological polar surface area (TPSA) is 90.8 Å². The van der Waals surface area contributed by atoms with Gasteiger partial charge in [0.05, 0.1) is 12.0 Å². The van der Waals surface area contributed by atoms with Gasteiger partial charge in [0.2, 0.25) is 5.91 Å². The third kappa shape index (κ3) is 5.61. The lowest BCUT2D eigenvalue weighted by atomic mass is 10.2. The maximum atomic E-state index is 12.0. The van der Waals surface area contributed by atoms with Crippen molar-refractivity contribution in [3.05, 3.63) is 58.6 Å². The normalized spacial score (nSPS) is 11.1. The molecule has 0 saturated carbocycles. The van der Waals surface area contributed by atoms with E-state index < -0.39 is 5.91 Å². The van der Waals surface area contributed by atoms with Crippen LogP contribution in [0, 0.1) is 6.92 Å². The number of carbonyl (C=O) groups excluding carboxylic acids is 2. The molecule has 2 aromatic rings. The van der Waals surface area contributed by atoms with E-state index in [1.165, 1.54) is 18.2 Å². The molecule has 0 saturated heterocycles. The summed E-state index contributed by atoms with van der Waals surface area (Å²) in [6, 6.07) is 11.5. The van der Waals surface area contributed by atoms with Gasteiger partial charge >= 0.3 is 0 Å². The molecule has 0 aromatic heterocycles. The summed E-state index contributed by atoms with van der Waals surface area (Å²) < 4.78 is 0. The zero-order chi connectivity index (χ0) is 18.4. The molecule has 2 amide bonds. The lowest BCUT2D eigenvalue weighted by Gasteiger charge is -2.06. The fraction of sp³-hybridized carbons (Fsp3) is 0.167. The van der Waals surface area contributed by atoms with E-state index in [4.69, 9.17) is 11.6 Å².